The first-order chi connectivity index (χ1) is 5.84. The van der Waals surface area contributed by atoms with Gasteiger partial charge in [0.2, 0.25) is 5.91 Å². The number of nitrogens with zero attached hydrogens (tertiary/aromatic N) is 1. The van der Waals surface area contributed by atoms with Crippen LogP contribution in [0.15, 0.2) is 0 Å². The maximum atomic E-state index is 11.3. The maximum Gasteiger partial charge on any atom is 0.248 e. The Morgan fingerprint density at radius 2 is 2.33 bits per heavy atom. The number of nitrogens with one attached hydrogen (secondary N) is 1. The normalized spacial score (nSPS) is 18.9. The molecule has 1 aliphatic rings. The third kappa shape index (κ3) is 2.79. The van der Waals surface area contributed by atoms with E-state index in [2.05, 4.69) is 5.32 Å². The number of carbonyl (C=O) groups is 1. The largest absolute Gasteiger partial charge is 0.375 e. The summed E-state index contributed by atoms with van der Waals surface area (Å²) in [7, 11) is 1.55. The third-order valence-corrected chi connectivity index (χ3v) is 1.96. The van der Waals surface area contributed by atoms with Gasteiger partial charge in [0.05, 0.1) is 0 Å². The van der Waals surface area contributed by atoms with E-state index in [9.17, 15) is 4.79 Å². The molecule has 4 heteroatoms. The average Bonchev–Trinajstić information content (AvgIpc) is 2.32. The van der Waals surface area contributed by atoms with Gasteiger partial charge in [-0.1, -0.05) is 0 Å². The Labute approximate surface area is 72.9 Å². The fourth-order valence-corrected chi connectivity index (χ4v) is 1.31. The molecule has 1 aliphatic heterocycles. The zero-order chi connectivity index (χ0) is 8.81. The van der Waals surface area contributed by atoms with Gasteiger partial charge in [-0.2, -0.15) is 0 Å². The van der Waals surface area contributed by atoms with Gasteiger partial charge in [0.1, 0.15) is 6.61 Å². The van der Waals surface area contributed by atoms with E-state index in [1.165, 1.54) is 0 Å². The van der Waals surface area contributed by atoms with Gasteiger partial charge in [-0.25, -0.2) is 0 Å². The predicted octanol–water partition coefficient (Wildman–Crippen LogP) is -0.545. The van der Waals surface area contributed by atoms with Crippen LogP contribution in [0.25, 0.3) is 0 Å². The molecule has 70 valence electrons. The molecule has 0 saturated carbocycles. The zero-order valence-corrected chi connectivity index (χ0v) is 7.51. The molecule has 0 atom stereocenters. The van der Waals surface area contributed by atoms with Crippen molar-refractivity contribution in [2.45, 2.75) is 6.42 Å². The van der Waals surface area contributed by atoms with E-state index in [0.717, 1.165) is 32.6 Å². The fraction of sp³-hybridized carbons (Fsp3) is 0.875. The monoisotopic (exact) mass is 172 g/mol. The van der Waals surface area contributed by atoms with E-state index in [1.807, 2.05) is 4.90 Å². The highest BCUT2D eigenvalue weighted by atomic mass is 16.5. The molecular formula is C8H16N2O2. The van der Waals surface area contributed by atoms with Crippen LogP contribution in [0.4, 0.5) is 0 Å². The minimum absolute atomic E-state index is 0.0983. The second-order valence-corrected chi connectivity index (χ2v) is 2.92. The number of amides is 1. The molecule has 12 heavy (non-hydrogen) atoms. The summed E-state index contributed by atoms with van der Waals surface area (Å²) in [5.74, 6) is 0.0983. The molecular weight excluding hydrogens is 156 g/mol. The van der Waals surface area contributed by atoms with Crippen molar-refractivity contribution in [2.24, 2.45) is 0 Å². The molecule has 1 heterocycles. The zero-order valence-electron chi connectivity index (χ0n) is 7.51. The summed E-state index contributed by atoms with van der Waals surface area (Å²) in [6.45, 7) is 3.78. The summed E-state index contributed by atoms with van der Waals surface area (Å²) in [6.07, 6.45) is 1.04. The topological polar surface area (TPSA) is 41.6 Å². The van der Waals surface area contributed by atoms with Crippen molar-refractivity contribution in [3.8, 4) is 0 Å². The molecule has 0 radical (unpaired) electrons. The van der Waals surface area contributed by atoms with Crippen LogP contribution in [0.5, 0.6) is 0 Å². The van der Waals surface area contributed by atoms with Gasteiger partial charge in [0.15, 0.2) is 0 Å². The molecule has 0 spiro atoms. The Morgan fingerprint density at radius 3 is 3.08 bits per heavy atom. The minimum Gasteiger partial charge on any atom is -0.375 e. The number of ether oxygens (including phenoxy) is 1. The van der Waals surface area contributed by atoms with E-state index < -0.39 is 0 Å². The Morgan fingerprint density at radius 1 is 1.50 bits per heavy atom. The highest BCUT2D eigenvalue weighted by Crippen LogP contribution is 1.95. The Bertz CT molecular complexity index is 142. The third-order valence-electron chi connectivity index (χ3n) is 1.96. The Balaban J connectivity index is 2.32. The van der Waals surface area contributed by atoms with Crippen molar-refractivity contribution in [2.75, 3.05) is 39.9 Å². The van der Waals surface area contributed by atoms with E-state index in [-0.39, 0.29) is 12.5 Å². The molecule has 4 nitrogen and oxygen atoms in total. The van der Waals surface area contributed by atoms with Gasteiger partial charge in [-0.3, -0.25) is 4.79 Å². The van der Waals surface area contributed by atoms with Gasteiger partial charge in [0, 0.05) is 26.7 Å². The Kier molecular flexibility index (Phi) is 4.04. The SMILES string of the molecule is COCC(=O)N1CCCNCC1. The van der Waals surface area contributed by atoms with Crippen LogP contribution < -0.4 is 5.32 Å². The van der Waals surface area contributed by atoms with Crippen molar-refractivity contribution in [3.63, 3.8) is 0 Å². The smallest absolute Gasteiger partial charge is 0.248 e. The van der Waals surface area contributed by atoms with Gasteiger partial charge in [0.25, 0.3) is 0 Å². The number of methoxy groups -OCH3 is 1. The van der Waals surface area contributed by atoms with Crippen molar-refractivity contribution < 1.29 is 9.53 Å². The first-order valence-electron chi connectivity index (χ1n) is 4.32. The van der Waals surface area contributed by atoms with Crippen molar-refractivity contribution in [1.29, 1.82) is 0 Å². The maximum absolute atomic E-state index is 11.3. The second kappa shape index (κ2) is 5.11. The second-order valence-electron chi connectivity index (χ2n) is 2.92. The van der Waals surface area contributed by atoms with E-state index in [1.54, 1.807) is 7.11 Å². The highest BCUT2D eigenvalue weighted by Gasteiger charge is 2.13. The fourth-order valence-electron chi connectivity index (χ4n) is 1.31. The number of rotatable bonds is 2. The molecule has 0 bridgehead atoms. The van der Waals surface area contributed by atoms with E-state index in [0.29, 0.717) is 0 Å². The minimum atomic E-state index is 0.0983. The molecule has 0 aromatic heterocycles. The predicted molar refractivity (Wildman–Crippen MR) is 45.9 cm³/mol. The van der Waals surface area contributed by atoms with Crippen LogP contribution in [-0.2, 0) is 9.53 Å². The van der Waals surface area contributed by atoms with Crippen molar-refractivity contribution in [1.82, 2.24) is 10.2 Å². The molecule has 1 saturated heterocycles. The molecule has 1 N–H and O–H groups in total. The lowest BCUT2D eigenvalue weighted by molar-refractivity contribution is -0.134. The summed E-state index contributed by atoms with van der Waals surface area (Å²) in [6, 6.07) is 0. The summed E-state index contributed by atoms with van der Waals surface area (Å²) in [4.78, 5) is 13.2. The van der Waals surface area contributed by atoms with Gasteiger partial charge in [-0.15, -0.1) is 0 Å². The number of hydrogen-bond acceptors (Lipinski definition) is 3. The van der Waals surface area contributed by atoms with Crippen LogP contribution in [0.2, 0.25) is 0 Å². The van der Waals surface area contributed by atoms with Crippen molar-refractivity contribution >= 4 is 5.91 Å². The van der Waals surface area contributed by atoms with E-state index >= 15 is 0 Å². The van der Waals surface area contributed by atoms with Crippen LogP contribution in [0.1, 0.15) is 6.42 Å². The summed E-state index contributed by atoms with van der Waals surface area (Å²) < 4.78 is 4.79. The molecule has 1 fully saturated rings. The van der Waals surface area contributed by atoms with Gasteiger partial charge < -0.3 is 15.0 Å². The molecule has 1 amide bonds. The highest BCUT2D eigenvalue weighted by molar-refractivity contribution is 5.77. The first kappa shape index (κ1) is 9.48. The summed E-state index contributed by atoms with van der Waals surface area (Å²) >= 11 is 0. The quantitative estimate of drug-likeness (QED) is 0.608. The summed E-state index contributed by atoms with van der Waals surface area (Å²) in [5, 5.41) is 3.24. The number of hydrogen-bond donors (Lipinski definition) is 1. The van der Waals surface area contributed by atoms with Gasteiger partial charge >= 0.3 is 0 Å². The Hall–Kier alpha value is -0.610. The standard InChI is InChI=1S/C8H16N2O2/c1-12-7-8(11)10-5-2-3-9-4-6-10/h9H,2-7H2,1H3. The van der Waals surface area contributed by atoms with Crippen LogP contribution in [0, 0.1) is 0 Å². The van der Waals surface area contributed by atoms with Crippen molar-refractivity contribution in [3.05, 3.63) is 0 Å². The molecule has 0 unspecified atom stereocenters. The lowest BCUT2D eigenvalue weighted by atomic mass is 10.4. The average molecular weight is 172 g/mol. The summed E-state index contributed by atoms with van der Waals surface area (Å²) in [5.41, 5.74) is 0. The molecule has 1 rings (SSSR count). The van der Waals surface area contributed by atoms with Crippen LogP contribution in [-0.4, -0.2) is 50.7 Å². The molecule has 0 aromatic rings. The first-order valence-corrected chi connectivity index (χ1v) is 4.32. The number of carbonyl (C=O) groups excluding carboxylic acids is 1. The molecule has 0 aromatic carbocycles. The van der Waals surface area contributed by atoms with Gasteiger partial charge in [-0.05, 0) is 13.0 Å². The van der Waals surface area contributed by atoms with E-state index in [4.69, 9.17) is 4.74 Å². The van der Waals surface area contributed by atoms with Crippen LogP contribution >= 0.6 is 0 Å². The molecule has 0 aliphatic carbocycles. The lowest BCUT2D eigenvalue weighted by Crippen LogP contribution is -2.36. The van der Waals surface area contributed by atoms with Crippen LogP contribution in [0.3, 0.4) is 0 Å². The lowest BCUT2D eigenvalue weighted by Gasteiger charge is -2.18.